The highest BCUT2D eigenvalue weighted by molar-refractivity contribution is 7.89. The molecular formula is C23H26N4O3S. The van der Waals surface area contributed by atoms with Crippen LogP contribution < -0.4 is 15.4 Å². The summed E-state index contributed by atoms with van der Waals surface area (Å²) in [5, 5.41) is 7.42. The zero-order valence-electron chi connectivity index (χ0n) is 17.6. The van der Waals surface area contributed by atoms with Gasteiger partial charge in [-0.3, -0.25) is 9.78 Å². The highest BCUT2D eigenvalue weighted by Crippen LogP contribution is 2.21. The highest BCUT2D eigenvalue weighted by atomic mass is 32.2. The minimum atomic E-state index is -3.61. The number of amides is 1. The van der Waals surface area contributed by atoms with E-state index in [9.17, 15) is 13.2 Å². The van der Waals surface area contributed by atoms with Crippen LogP contribution in [0.3, 0.4) is 0 Å². The molecule has 0 saturated carbocycles. The van der Waals surface area contributed by atoms with Gasteiger partial charge in [0.15, 0.2) is 0 Å². The summed E-state index contributed by atoms with van der Waals surface area (Å²) in [5.41, 5.74) is 2.89. The van der Waals surface area contributed by atoms with Crippen molar-refractivity contribution >= 4 is 38.5 Å². The fourth-order valence-corrected chi connectivity index (χ4v) is 4.43. The van der Waals surface area contributed by atoms with E-state index in [4.69, 9.17) is 0 Å². The van der Waals surface area contributed by atoms with Crippen LogP contribution in [0.1, 0.15) is 19.4 Å². The highest BCUT2D eigenvalue weighted by Gasteiger charge is 2.16. The topological polar surface area (TPSA) is 100 Å². The summed E-state index contributed by atoms with van der Waals surface area (Å²) in [5.74, 6) is -0.100. The van der Waals surface area contributed by atoms with Crippen molar-refractivity contribution in [3.63, 3.8) is 0 Å². The minimum absolute atomic E-state index is 0.100. The Bertz CT molecular complexity index is 1180. The van der Waals surface area contributed by atoms with Crippen molar-refractivity contribution in [3.05, 3.63) is 72.1 Å². The average Bonchev–Trinajstić information content (AvgIpc) is 2.74. The number of aromatic nitrogens is 1. The summed E-state index contributed by atoms with van der Waals surface area (Å²) >= 11 is 0. The van der Waals surface area contributed by atoms with Gasteiger partial charge in [0, 0.05) is 55.4 Å². The van der Waals surface area contributed by atoms with Crippen LogP contribution in [0.15, 0.2) is 71.4 Å². The number of hydrogen-bond donors (Lipinski definition) is 3. The first-order chi connectivity index (χ1) is 14.8. The predicted molar refractivity (Wildman–Crippen MR) is 124 cm³/mol. The third-order valence-corrected chi connectivity index (χ3v) is 6.09. The first kappa shape index (κ1) is 22.6. The van der Waals surface area contributed by atoms with Gasteiger partial charge in [0.1, 0.15) is 0 Å². The van der Waals surface area contributed by atoms with E-state index in [0.717, 1.165) is 22.2 Å². The van der Waals surface area contributed by atoms with Crippen molar-refractivity contribution in [3.8, 4) is 0 Å². The van der Waals surface area contributed by atoms with Crippen molar-refractivity contribution in [2.75, 3.05) is 25.0 Å². The van der Waals surface area contributed by atoms with Gasteiger partial charge in [0.2, 0.25) is 15.9 Å². The summed E-state index contributed by atoms with van der Waals surface area (Å²) in [7, 11) is -3.61. The molecule has 1 aromatic heterocycles. The van der Waals surface area contributed by atoms with Crippen molar-refractivity contribution in [2.24, 2.45) is 0 Å². The molecule has 0 bridgehead atoms. The lowest BCUT2D eigenvalue weighted by atomic mass is 10.1. The smallest absolute Gasteiger partial charge is 0.241 e. The van der Waals surface area contributed by atoms with E-state index in [-0.39, 0.29) is 17.3 Å². The van der Waals surface area contributed by atoms with Crippen molar-refractivity contribution in [1.82, 2.24) is 15.0 Å². The maximum Gasteiger partial charge on any atom is 0.241 e. The minimum Gasteiger partial charge on any atom is -0.326 e. The Morgan fingerprint density at radius 3 is 2.55 bits per heavy atom. The maximum atomic E-state index is 12.7. The third kappa shape index (κ3) is 6.45. The number of carbonyl (C=O) groups is 1. The molecule has 8 heteroatoms. The second-order valence-corrected chi connectivity index (χ2v) is 8.96. The Morgan fingerprint density at radius 1 is 1.03 bits per heavy atom. The molecule has 31 heavy (non-hydrogen) atoms. The number of benzene rings is 2. The standard InChI is InChI=1S/C23H26N4O3S/c1-17(14-19-6-8-21(9-7-19)27-18(2)28)15-25-12-13-26-31(29,30)23-5-3-4-20-16-24-11-10-22(20)23/h3-11,14,16,25-26H,12-13,15H2,1-2H3,(H,27,28)/b17-14+. The van der Waals surface area contributed by atoms with Gasteiger partial charge in [-0.15, -0.1) is 0 Å². The van der Waals surface area contributed by atoms with Crippen LogP contribution in [-0.2, 0) is 14.8 Å². The summed E-state index contributed by atoms with van der Waals surface area (Å²) in [6.07, 6.45) is 5.28. The molecule has 2 aromatic carbocycles. The number of nitrogens with zero attached hydrogens (tertiary/aromatic N) is 1. The molecular weight excluding hydrogens is 412 g/mol. The van der Waals surface area contributed by atoms with Gasteiger partial charge in [-0.2, -0.15) is 0 Å². The van der Waals surface area contributed by atoms with Gasteiger partial charge >= 0.3 is 0 Å². The van der Waals surface area contributed by atoms with Crippen LogP contribution in [-0.4, -0.2) is 38.9 Å². The molecule has 0 aliphatic rings. The fourth-order valence-electron chi connectivity index (χ4n) is 3.17. The largest absolute Gasteiger partial charge is 0.326 e. The molecule has 0 spiro atoms. The number of sulfonamides is 1. The molecule has 0 atom stereocenters. The molecule has 7 nitrogen and oxygen atoms in total. The van der Waals surface area contributed by atoms with E-state index in [0.29, 0.717) is 18.5 Å². The molecule has 0 unspecified atom stereocenters. The van der Waals surface area contributed by atoms with E-state index in [2.05, 4.69) is 20.3 Å². The first-order valence-electron chi connectivity index (χ1n) is 9.93. The van der Waals surface area contributed by atoms with Crippen LogP contribution in [0.4, 0.5) is 5.69 Å². The molecule has 0 aliphatic heterocycles. The quantitative estimate of drug-likeness (QED) is 0.446. The summed E-state index contributed by atoms with van der Waals surface area (Å²) in [4.78, 5) is 15.4. The Hall–Kier alpha value is -3.07. The molecule has 3 aromatic rings. The fraction of sp³-hybridized carbons (Fsp3) is 0.217. The molecule has 0 aliphatic carbocycles. The van der Waals surface area contributed by atoms with Gasteiger partial charge in [0.25, 0.3) is 0 Å². The van der Waals surface area contributed by atoms with Crippen LogP contribution in [0.2, 0.25) is 0 Å². The zero-order chi connectivity index (χ0) is 22.3. The first-order valence-corrected chi connectivity index (χ1v) is 11.4. The molecule has 0 radical (unpaired) electrons. The number of hydrogen-bond acceptors (Lipinski definition) is 5. The van der Waals surface area contributed by atoms with Crippen LogP contribution >= 0.6 is 0 Å². The van der Waals surface area contributed by atoms with Gasteiger partial charge < -0.3 is 10.6 Å². The van der Waals surface area contributed by atoms with Crippen LogP contribution in [0.25, 0.3) is 16.8 Å². The number of nitrogens with one attached hydrogen (secondary N) is 3. The second kappa shape index (κ2) is 10.3. The van der Waals surface area contributed by atoms with E-state index >= 15 is 0 Å². The van der Waals surface area contributed by atoms with Crippen molar-refractivity contribution < 1.29 is 13.2 Å². The molecule has 0 saturated heterocycles. The predicted octanol–water partition coefficient (Wildman–Crippen LogP) is 3.16. The number of anilines is 1. The number of pyridine rings is 1. The van der Waals surface area contributed by atoms with E-state index in [1.807, 2.05) is 43.3 Å². The maximum absolute atomic E-state index is 12.7. The molecule has 0 fully saturated rings. The van der Waals surface area contributed by atoms with Gasteiger partial charge in [-0.1, -0.05) is 35.9 Å². The Morgan fingerprint density at radius 2 is 1.81 bits per heavy atom. The van der Waals surface area contributed by atoms with Crippen LogP contribution in [0.5, 0.6) is 0 Å². The Balaban J connectivity index is 1.49. The van der Waals surface area contributed by atoms with Crippen LogP contribution in [0, 0.1) is 0 Å². The van der Waals surface area contributed by atoms with Crippen molar-refractivity contribution in [1.29, 1.82) is 0 Å². The van der Waals surface area contributed by atoms with E-state index in [1.54, 1.807) is 30.6 Å². The van der Waals surface area contributed by atoms with E-state index in [1.165, 1.54) is 6.92 Å². The second-order valence-electron chi connectivity index (χ2n) is 7.22. The van der Waals surface area contributed by atoms with Gasteiger partial charge in [-0.25, -0.2) is 13.1 Å². The SMILES string of the molecule is CC(=O)Nc1ccc(/C=C(\C)CNCCNS(=O)(=O)c2cccc3cnccc23)cc1. The number of carbonyl (C=O) groups excluding carboxylic acids is 1. The van der Waals surface area contributed by atoms with Gasteiger partial charge in [-0.05, 0) is 36.8 Å². The molecule has 1 amide bonds. The lowest BCUT2D eigenvalue weighted by molar-refractivity contribution is -0.114. The molecule has 1 heterocycles. The zero-order valence-corrected chi connectivity index (χ0v) is 18.4. The summed E-state index contributed by atoms with van der Waals surface area (Å²) < 4.78 is 28.0. The Labute approximate surface area is 182 Å². The van der Waals surface area contributed by atoms with Crippen molar-refractivity contribution in [2.45, 2.75) is 18.7 Å². The average molecular weight is 439 g/mol. The summed E-state index contributed by atoms with van der Waals surface area (Å²) in [6, 6.07) is 14.4. The van der Waals surface area contributed by atoms with Gasteiger partial charge in [0.05, 0.1) is 4.90 Å². The normalized spacial score (nSPS) is 12.1. The molecule has 3 rings (SSSR count). The lowest BCUT2D eigenvalue weighted by Gasteiger charge is -2.10. The molecule has 162 valence electrons. The van der Waals surface area contributed by atoms with E-state index < -0.39 is 10.0 Å². The Kier molecular flexibility index (Phi) is 7.51. The summed E-state index contributed by atoms with van der Waals surface area (Å²) in [6.45, 7) is 4.89. The molecule has 3 N–H and O–H groups in total. The lowest BCUT2D eigenvalue weighted by Crippen LogP contribution is -2.32. The number of fused-ring (bicyclic) bond motifs is 1. The number of rotatable bonds is 9. The third-order valence-electron chi connectivity index (χ3n) is 4.57. The monoisotopic (exact) mass is 438 g/mol.